The maximum absolute atomic E-state index is 11.7. The molecular weight excluding hydrogens is 178 g/mol. The van der Waals surface area contributed by atoms with E-state index in [1.54, 1.807) is 0 Å². The molecule has 0 fully saturated rings. The van der Waals surface area contributed by atoms with E-state index in [9.17, 15) is 4.79 Å². The molecule has 0 heterocycles. The third-order valence-corrected chi connectivity index (χ3v) is 2.14. The molecule has 0 saturated heterocycles. The van der Waals surface area contributed by atoms with Crippen LogP contribution in [0.5, 0.6) is 0 Å². The van der Waals surface area contributed by atoms with Gasteiger partial charge in [-0.15, -0.1) is 0 Å². The van der Waals surface area contributed by atoms with Crippen molar-refractivity contribution in [2.24, 2.45) is 11.7 Å². The summed E-state index contributed by atoms with van der Waals surface area (Å²) in [4.78, 5) is 13.7. The minimum Gasteiger partial charge on any atom is -0.355 e. The number of carbonyl (C=O) groups excluding carboxylic acids is 1. The van der Waals surface area contributed by atoms with Crippen LogP contribution in [0, 0.1) is 5.92 Å². The van der Waals surface area contributed by atoms with Gasteiger partial charge in [0.2, 0.25) is 5.91 Å². The number of nitrogens with two attached hydrogens (primary N) is 1. The zero-order valence-electron chi connectivity index (χ0n) is 9.71. The molecule has 1 atom stereocenters. The number of hydrogen-bond acceptors (Lipinski definition) is 3. The monoisotopic (exact) mass is 201 g/mol. The number of amides is 1. The largest absolute Gasteiger partial charge is 0.355 e. The Hall–Kier alpha value is -0.610. The van der Waals surface area contributed by atoms with Crippen LogP contribution in [0.25, 0.3) is 0 Å². The van der Waals surface area contributed by atoms with Gasteiger partial charge in [-0.1, -0.05) is 13.8 Å². The molecule has 0 aliphatic rings. The van der Waals surface area contributed by atoms with Gasteiger partial charge in [-0.2, -0.15) is 0 Å². The first-order valence-electron chi connectivity index (χ1n) is 5.15. The molecule has 0 bridgehead atoms. The third kappa shape index (κ3) is 4.58. The van der Waals surface area contributed by atoms with Crippen LogP contribution in [0.1, 0.15) is 20.3 Å². The Bertz CT molecular complexity index is 161. The van der Waals surface area contributed by atoms with Crippen molar-refractivity contribution in [3.63, 3.8) is 0 Å². The van der Waals surface area contributed by atoms with Gasteiger partial charge in [0.05, 0.1) is 6.04 Å². The summed E-state index contributed by atoms with van der Waals surface area (Å²) >= 11 is 0. The summed E-state index contributed by atoms with van der Waals surface area (Å²) in [5.41, 5.74) is 5.35. The first kappa shape index (κ1) is 13.4. The van der Waals surface area contributed by atoms with E-state index < -0.39 is 0 Å². The number of nitrogens with zero attached hydrogens (tertiary/aromatic N) is 1. The Labute approximate surface area is 86.8 Å². The first-order chi connectivity index (χ1) is 6.50. The zero-order chi connectivity index (χ0) is 11.1. The lowest BCUT2D eigenvalue weighted by molar-refractivity contribution is -0.126. The van der Waals surface area contributed by atoms with Crippen LogP contribution in [0.15, 0.2) is 0 Å². The van der Waals surface area contributed by atoms with Crippen LogP contribution in [-0.4, -0.2) is 44.0 Å². The second kappa shape index (κ2) is 6.79. The number of hydrogen-bond donors (Lipinski definition) is 2. The molecule has 3 N–H and O–H groups in total. The average molecular weight is 201 g/mol. The maximum Gasteiger partial charge on any atom is 0.237 e. The van der Waals surface area contributed by atoms with Crippen molar-refractivity contribution in [1.29, 1.82) is 0 Å². The number of likely N-dealkylation sites (N-methyl/N-ethyl adjacent to an activating group) is 1. The van der Waals surface area contributed by atoms with Crippen LogP contribution in [-0.2, 0) is 4.79 Å². The minimum atomic E-state index is -0.0484. The minimum absolute atomic E-state index is 0.0484. The molecule has 14 heavy (non-hydrogen) atoms. The van der Waals surface area contributed by atoms with E-state index in [4.69, 9.17) is 5.73 Å². The van der Waals surface area contributed by atoms with Crippen molar-refractivity contribution in [3.8, 4) is 0 Å². The molecular formula is C10H23N3O. The van der Waals surface area contributed by atoms with Gasteiger partial charge in [-0.25, -0.2) is 0 Å². The van der Waals surface area contributed by atoms with Crippen molar-refractivity contribution in [2.75, 3.05) is 27.2 Å². The molecule has 0 aromatic carbocycles. The molecule has 4 heteroatoms. The lowest BCUT2D eigenvalue weighted by Gasteiger charge is -2.26. The fourth-order valence-corrected chi connectivity index (χ4v) is 1.55. The van der Waals surface area contributed by atoms with Gasteiger partial charge < -0.3 is 11.1 Å². The Morgan fingerprint density at radius 2 is 2.00 bits per heavy atom. The summed E-state index contributed by atoms with van der Waals surface area (Å²) in [6.07, 6.45) is 0.837. The van der Waals surface area contributed by atoms with Crippen molar-refractivity contribution in [3.05, 3.63) is 0 Å². The standard InChI is InChI=1S/C10H23N3O/c1-8(2)9(13(3)4)10(14)12-7-5-6-11/h8-9H,5-7,11H2,1-4H3,(H,12,14). The Balaban J connectivity index is 4.03. The van der Waals surface area contributed by atoms with Crippen LogP contribution in [0.4, 0.5) is 0 Å². The normalized spacial score (nSPS) is 13.4. The van der Waals surface area contributed by atoms with E-state index in [0.717, 1.165) is 6.42 Å². The van der Waals surface area contributed by atoms with E-state index in [-0.39, 0.29) is 11.9 Å². The molecule has 4 nitrogen and oxygen atoms in total. The van der Waals surface area contributed by atoms with Crippen molar-refractivity contribution in [1.82, 2.24) is 10.2 Å². The van der Waals surface area contributed by atoms with Crippen molar-refractivity contribution < 1.29 is 4.79 Å². The van der Waals surface area contributed by atoms with Gasteiger partial charge in [0.25, 0.3) is 0 Å². The molecule has 0 spiro atoms. The topological polar surface area (TPSA) is 58.4 Å². The highest BCUT2D eigenvalue weighted by Gasteiger charge is 2.23. The molecule has 0 aromatic heterocycles. The number of carbonyl (C=O) groups is 1. The molecule has 0 saturated carbocycles. The molecule has 0 rings (SSSR count). The molecule has 0 aliphatic heterocycles. The van der Waals surface area contributed by atoms with E-state index >= 15 is 0 Å². The van der Waals surface area contributed by atoms with Gasteiger partial charge >= 0.3 is 0 Å². The predicted molar refractivity (Wildman–Crippen MR) is 59.0 cm³/mol. The summed E-state index contributed by atoms with van der Waals surface area (Å²) in [5, 5.41) is 2.89. The highest BCUT2D eigenvalue weighted by Crippen LogP contribution is 2.07. The maximum atomic E-state index is 11.7. The highest BCUT2D eigenvalue weighted by molar-refractivity contribution is 5.81. The lowest BCUT2D eigenvalue weighted by atomic mass is 10.0. The highest BCUT2D eigenvalue weighted by atomic mass is 16.2. The fourth-order valence-electron chi connectivity index (χ4n) is 1.55. The van der Waals surface area contributed by atoms with Gasteiger partial charge in [0.15, 0.2) is 0 Å². The van der Waals surface area contributed by atoms with Crippen LogP contribution >= 0.6 is 0 Å². The second-order valence-corrected chi connectivity index (χ2v) is 4.09. The van der Waals surface area contributed by atoms with Crippen molar-refractivity contribution in [2.45, 2.75) is 26.3 Å². The molecule has 0 aliphatic carbocycles. The molecule has 84 valence electrons. The molecule has 0 radical (unpaired) electrons. The Kier molecular flexibility index (Phi) is 6.49. The second-order valence-electron chi connectivity index (χ2n) is 4.09. The quantitative estimate of drug-likeness (QED) is 0.596. The summed E-state index contributed by atoms with van der Waals surface area (Å²) in [6.45, 7) is 5.39. The van der Waals surface area contributed by atoms with Crippen LogP contribution in [0.3, 0.4) is 0 Å². The molecule has 1 unspecified atom stereocenters. The summed E-state index contributed by atoms with van der Waals surface area (Å²) in [7, 11) is 3.85. The Morgan fingerprint density at radius 3 is 2.36 bits per heavy atom. The average Bonchev–Trinajstić information content (AvgIpc) is 2.03. The fraction of sp³-hybridized carbons (Fsp3) is 0.900. The molecule has 0 aromatic rings. The Morgan fingerprint density at radius 1 is 1.43 bits per heavy atom. The zero-order valence-corrected chi connectivity index (χ0v) is 9.71. The van der Waals surface area contributed by atoms with Gasteiger partial charge in [-0.05, 0) is 33.0 Å². The van der Waals surface area contributed by atoms with E-state index in [1.807, 2.05) is 32.8 Å². The van der Waals surface area contributed by atoms with E-state index in [2.05, 4.69) is 5.32 Å². The summed E-state index contributed by atoms with van der Waals surface area (Å²) in [6, 6.07) is -0.0484. The smallest absolute Gasteiger partial charge is 0.237 e. The molecule has 1 amide bonds. The lowest BCUT2D eigenvalue weighted by Crippen LogP contribution is -2.47. The van der Waals surface area contributed by atoms with E-state index in [1.165, 1.54) is 0 Å². The van der Waals surface area contributed by atoms with Gasteiger partial charge in [0.1, 0.15) is 0 Å². The number of rotatable bonds is 6. The number of nitrogens with one attached hydrogen (secondary N) is 1. The van der Waals surface area contributed by atoms with Crippen molar-refractivity contribution >= 4 is 5.91 Å². The van der Waals surface area contributed by atoms with Gasteiger partial charge in [0, 0.05) is 6.54 Å². The van der Waals surface area contributed by atoms with Crippen LogP contribution < -0.4 is 11.1 Å². The van der Waals surface area contributed by atoms with E-state index in [0.29, 0.717) is 19.0 Å². The SMILES string of the molecule is CC(C)C(C(=O)NCCCN)N(C)C. The third-order valence-electron chi connectivity index (χ3n) is 2.14. The summed E-state index contributed by atoms with van der Waals surface area (Å²) < 4.78 is 0. The van der Waals surface area contributed by atoms with Crippen LogP contribution in [0.2, 0.25) is 0 Å². The summed E-state index contributed by atoms with van der Waals surface area (Å²) in [5.74, 6) is 0.418. The van der Waals surface area contributed by atoms with Gasteiger partial charge in [-0.3, -0.25) is 9.69 Å². The first-order valence-corrected chi connectivity index (χ1v) is 5.15. The predicted octanol–water partition coefficient (Wildman–Crippen LogP) is 0.0376.